The van der Waals surface area contributed by atoms with Crippen LogP contribution in [-0.4, -0.2) is 56.4 Å². The second-order valence-electron chi connectivity index (χ2n) is 6.20. The third-order valence-electron chi connectivity index (χ3n) is 3.02. The van der Waals surface area contributed by atoms with Crippen molar-refractivity contribution >= 4 is 48.4 Å². The van der Waals surface area contributed by atoms with E-state index in [4.69, 9.17) is 0 Å². The molecule has 8 nitrogen and oxygen atoms in total. The molecule has 4 rings (SSSR count). The monoisotopic (exact) mass is 696 g/mol. The van der Waals surface area contributed by atoms with E-state index in [0.29, 0.717) is 5.69 Å². The van der Waals surface area contributed by atoms with E-state index in [9.17, 15) is 16.8 Å². The van der Waals surface area contributed by atoms with Gasteiger partial charge in [-0.15, -0.1) is 12.3 Å². The molecule has 0 aliphatic carbocycles. The normalized spacial score (nSPS) is 8.89. The second-order valence-corrected chi connectivity index (χ2v) is 9.70. The molecule has 4 aromatic rings. The smallest absolute Gasteiger partial charge is 0.229 e. The third kappa shape index (κ3) is 29.1. The molecule has 0 aliphatic rings. The topological polar surface area (TPSA) is 118 Å². The summed E-state index contributed by atoms with van der Waals surface area (Å²) in [6.45, 7) is 0. The molecule has 38 heavy (non-hydrogen) atoms. The molecule has 0 fully saturated rings. The number of nitrogens with zero attached hydrogens (tertiary/aromatic N) is 2. The SMILES string of the molecule is CS(=O)(=O)Nc1[c-]cccc1.CS(=O)(=O)Nc1[c-]ccnn1.[B].[B].[Y].[Y].[c-]1ccccc1.[c-]1ccccc1. The maximum absolute atomic E-state index is 10.7. The van der Waals surface area contributed by atoms with Gasteiger partial charge in [-0.05, 0) is 0 Å². The van der Waals surface area contributed by atoms with Crippen molar-refractivity contribution in [3.63, 3.8) is 0 Å². The van der Waals surface area contributed by atoms with Crippen LogP contribution in [0.1, 0.15) is 0 Å². The fourth-order valence-corrected chi connectivity index (χ4v) is 2.81. The first kappa shape index (κ1) is 43.6. The minimum Gasteiger partial charge on any atom is -0.308 e. The Balaban J connectivity index is -0.000000202. The maximum atomic E-state index is 10.7. The Bertz CT molecular complexity index is 1100. The summed E-state index contributed by atoms with van der Waals surface area (Å²) in [6.07, 6.45) is 3.55. The van der Waals surface area contributed by atoms with Crippen molar-refractivity contribution in [2.45, 2.75) is 0 Å². The predicted molar refractivity (Wildman–Crippen MR) is 145 cm³/mol. The van der Waals surface area contributed by atoms with Crippen LogP contribution in [0.25, 0.3) is 0 Å². The van der Waals surface area contributed by atoms with Gasteiger partial charge in [-0.2, -0.15) is 102 Å². The molecule has 0 atom stereocenters. The van der Waals surface area contributed by atoms with Crippen LogP contribution in [0.2, 0.25) is 0 Å². The number of hydrogen-bond donors (Lipinski definition) is 2. The Kier molecular flexibility index (Phi) is 29.7. The number of hydrogen-bond acceptors (Lipinski definition) is 6. The van der Waals surface area contributed by atoms with E-state index in [2.05, 4.69) is 43.9 Å². The average Bonchev–Trinajstić information content (AvgIpc) is 2.82. The molecule has 192 valence electrons. The summed E-state index contributed by atoms with van der Waals surface area (Å²) < 4.78 is 47.0. The summed E-state index contributed by atoms with van der Waals surface area (Å²) in [5, 5.41) is 6.93. The number of rotatable bonds is 4. The minimum absolute atomic E-state index is 0. The Hall–Kier alpha value is -1.42. The standard InChI is InChI=1S/C7H8NO2S.2C6H5.C5H6N3O2S.2B.2Y/c1-11(9,10)8-7-5-3-2-4-6-7;2*1-2-4-6-5-3-1;1-11(9,10)8-5-3-2-4-6-7-5;;;;/h2-5,8H,1H3;2*1-5H;2,4H,1H3,(H,7,8);;;;/q4*-1;;;;. The number of benzene rings is 3. The summed E-state index contributed by atoms with van der Waals surface area (Å²) in [5.41, 5.74) is 0.468. The molecule has 14 heteroatoms. The van der Waals surface area contributed by atoms with Crippen LogP contribution in [0, 0.1) is 24.3 Å². The van der Waals surface area contributed by atoms with Gasteiger partial charge in [0.15, 0.2) is 0 Å². The molecule has 8 radical (unpaired) electrons. The van der Waals surface area contributed by atoms with Gasteiger partial charge in [0.05, 0.1) is 18.3 Å². The van der Waals surface area contributed by atoms with Gasteiger partial charge in [-0.1, -0.05) is 5.69 Å². The molecule has 0 aliphatic heterocycles. The zero-order valence-electron chi connectivity index (χ0n) is 20.9. The molecule has 3 aromatic carbocycles. The quantitative estimate of drug-likeness (QED) is 0.251. The van der Waals surface area contributed by atoms with Crippen molar-refractivity contribution in [1.29, 1.82) is 0 Å². The van der Waals surface area contributed by atoms with Crippen molar-refractivity contribution in [2.75, 3.05) is 22.0 Å². The summed E-state index contributed by atoms with van der Waals surface area (Å²) in [7, 11) is -6.42. The first-order chi connectivity index (χ1) is 16.2. The molecule has 0 spiro atoms. The molecular weight excluding hydrogens is 672 g/mol. The number of anilines is 2. The largest absolute Gasteiger partial charge is 0.308 e. The average molecular weight is 696 g/mol. The first-order valence-corrected chi connectivity index (χ1v) is 13.4. The molecule has 0 unspecified atom stereocenters. The van der Waals surface area contributed by atoms with E-state index < -0.39 is 20.0 Å². The summed E-state index contributed by atoms with van der Waals surface area (Å²) >= 11 is 0. The molecule has 1 aromatic heterocycles. The van der Waals surface area contributed by atoms with Gasteiger partial charge in [-0.3, -0.25) is 9.82 Å². The van der Waals surface area contributed by atoms with Gasteiger partial charge >= 0.3 is 0 Å². The fraction of sp³-hybridized carbons (Fsp3) is 0.0833. The Morgan fingerprint density at radius 1 is 0.632 bits per heavy atom. The minimum atomic E-state index is -3.26. The van der Waals surface area contributed by atoms with Gasteiger partial charge in [0, 0.05) is 82.2 Å². The van der Waals surface area contributed by atoms with E-state index in [-0.39, 0.29) is 88.1 Å². The molecule has 2 N–H and O–H groups in total. The number of sulfonamides is 2. The number of aromatic nitrogens is 2. The van der Waals surface area contributed by atoms with E-state index in [1.807, 2.05) is 60.7 Å². The predicted octanol–water partition coefficient (Wildman–Crippen LogP) is 2.71. The van der Waals surface area contributed by atoms with Crippen molar-refractivity contribution < 1.29 is 82.3 Å². The van der Waals surface area contributed by atoms with Gasteiger partial charge in [0.2, 0.25) is 20.0 Å². The first-order valence-electron chi connectivity index (χ1n) is 9.59. The van der Waals surface area contributed by atoms with Crippen LogP contribution < -0.4 is 9.44 Å². The van der Waals surface area contributed by atoms with Crippen molar-refractivity contribution in [1.82, 2.24) is 10.2 Å². The number of para-hydroxylation sites is 1. The fourth-order valence-electron chi connectivity index (χ4n) is 1.84. The van der Waals surface area contributed by atoms with Crippen LogP contribution in [0.15, 0.2) is 97.2 Å². The second kappa shape index (κ2) is 25.8. The van der Waals surface area contributed by atoms with Crippen molar-refractivity contribution in [2.24, 2.45) is 0 Å². The summed E-state index contributed by atoms with van der Waals surface area (Å²) in [5.74, 6) is 0.106. The van der Waals surface area contributed by atoms with E-state index >= 15 is 0 Å². The molecular formula is C24H24B2N4O4S2Y2-4. The van der Waals surface area contributed by atoms with Crippen molar-refractivity contribution in [3.05, 3.63) is 121 Å². The van der Waals surface area contributed by atoms with Gasteiger partial charge < -0.3 is 4.72 Å². The van der Waals surface area contributed by atoms with E-state index in [0.717, 1.165) is 12.5 Å². The molecule has 0 bridgehead atoms. The van der Waals surface area contributed by atoms with Crippen LogP contribution in [-0.2, 0) is 85.5 Å². The van der Waals surface area contributed by atoms with E-state index in [1.54, 1.807) is 24.3 Å². The molecule has 0 amide bonds. The Morgan fingerprint density at radius 2 is 1.11 bits per heavy atom. The zero-order valence-corrected chi connectivity index (χ0v) is 28.2. The maximum Gasteiger partial charge on any atom is 0.229 e. The Morgan fingerprint density at radius 3 is 1.39 bits per heavy atom. The van der Waals surface area contributed by atoms with Crippen LogP contribution in [0.4, 0.5) is 11.5 Å². The van der Waals surface area contributed by atoms with Gasteiger partial charge in [0.1, 0.15) is 0 Å². The summed E-state index contributed by atoms with van der Waals surface area (Å²) in [6, 6.07) is 38.6. The number of nitrogens with one attached hydrogen (secondary N) is 2. The Labute approximate surface area is 281 Å². The molecule has 1 heterocycles. The van der Waals surface area contributed by atoms with Crippen LogP contribution in [0.5, 0.6) is 0 Å². The third-order valence-corrected chi connectivity index (χ3v) is 4.17. The summed E-state index contributed by atoms with van der Waals surface area (Å²) in [4.78, 5) is 0. The van der Waals surface area contributed by atoms with Gasteiger partial charge in [-0.25, -0.2) is 29.0 Å². The van der Waals surface area contributed by atoms with Crippen LogP contribution in [0.3, 0.4) is 0 Å². The van der Waals surface area contributed by atoms with Gasteiger partial charge in [0.25, 0.3) is 0 Å². The molecule has 0 saturated carbocycles. The van der Waals surface area contributed by atoms with Crippen molar-refractivity contribution in [3.8, 4) is 0 Å². The van der Waals surface area contributed by atoms with Crippen LogP contribution >= 0.6 is 0 Å². The molecule has 0 saturated heterocycles. The zero-order chi connectivity index (χ0) is 25.1. The van der Waals surface area contributed by atoms with E-state index in [1.165, 1.54) is 12.3 Å².